The number of para-hydroxylation sites is 1. The SMILES string of the molecule is CCCNCc1cccc(Br)c1OC(C)C(=O)OCC. The third-order valence-electron chi connectivity index (χ3n) is 2.70. The van der Waals surface area contributed by atoms with Crippen molar-refractivity contribution in [2.24, 2.45) is 0 Å². The molecule has 0 heterocycles. The van der Waals surface area contributed by atoms with Crippen molar-refractivity contribution in [3.8, 4) is 5.75 Å². The van der Waals surface area contributed by atoms with Crippen LogP contribution in [0.25, 0.3) is 0 Å². The monoisotopic (exact) mass is 343 g/mol. The number of rotatable bonds is 8. The highest BCUT2D eigenvalue weighted by Gasteiger charge is 2.18. The van der Waals surface area contributed by atoms with Crippen LogP contribution in [-0.4, -0.2) is 25.2 Å². The minimum atomic E-state index is -0.626. The minimum absolute atomic E-state index is 0.351. The number of carbonyl (C=O) groups is 1. The largest absolute Gasteiger partial charge is 0.478 e. The number of benzene rings is 1. The number of esters is 1. The molecular formula is C15H22BrNO3. The van der Waals surface area contributed by atoms with Gasteiger partial charge in [0.1, 0.15) is 5.75 Å². The Morgan fingerprint density at radius 1 is 1.40 bits per heavy atom. The minimum Gasteiger partial charge on any atom is -0.478 e. The summed E-state index contributed by atoms with van der Waals surface area (Å²) in [7, 11) is 0. The molecule has 0 aliphatic carbocycles. The van der Waals surface area contributed by atoms with Gasteiger partial charge in [0.05, 0.1) is 11.1 Å². The summed E-state index contributed by atoms with van der Waals surface area (Å²) in [5.41, 5.74) is 1.02. The van der Waals surface area contributed by atoms with E-state index in [0.717, 1.165) is 23.0 Å². The molecule has 1 aromatic rings. The normalized spacial score (nSPS) is 12.0. The van der Waals surface area contributed by atoms with Crippen molar-refractivity contribution < 1.29 is 14.3 Å². The predicted octanol–water partition coefficient (Wildman–Crippen LogP) is 3.28. The molecule has 0 aliphatic heterocycles. The lowest BCUT2D eigenvalue weighted by Crippen LogP contribution is -2.27. The van der Waals surface area contributed by atoms with Gasteiger partial charge >= 0.3 is 5.97 Å². The zero-order valence-corrected chi connectivity index (χ0v) is 13.8. The van der Waals surface area contributed by atoms with E-state index < -0.39 is 6.10 Å². The highest BCUT2D eigenvalue weighted by Crippen LogP contribution is 2.30. The Balaban J connectivity index is 2.78. The van der Waals surface area contributed by atoms with Crippen LogP contribution in [0.5, 0.6) is 5.75 Å². The van der Waals surface area contributed by atoms with Crippen LogP contribution < -0.4 is 10.1 Å². The maximum atomic E-state index is 11.7. The molecule has 0 fully saturated rings. The van der Waals surface area contributed by atoms with Crippen LogP contribution in [0.3, 0.4) is 0 Å². The van der Waals surface area contributed by atoms with Crippen molar-refractivity contribution in [2.45, 2.75) is 39.8 Å². The Morgan fingerprint density at radius 2 is 2.15 bits per heavy atom. The number of nitrogens with one attached hydrogen (secondary N) is 1. The summed E-state index contributed by atoms with van der Waals surface area (Å²) >= 11 is 3.47. The maximum Gasteiger partial charge on any atom is 0.347 e. The fourth-order valence-corrected chi connectivity index (χ4v) is 2.21. The first-order valence-electron chi connectivity index (χ1n) is 6.91. The second kappa shape index (κ2) is 8.97. The highest BCUT2D eigenvalue weighted by molar-refractivity contribution is 9.10. The molecule has 0 amide bonds. The van der Waals surface area contributed by atoms with Gasteiger partial charge in [0.2, 0.25) is 0 Å². The molecule has 4 nitrogen and oxygen atoms in total. The average molecular weight is 344 g/mol. The molecule has 1 N–H and O–H groups in total. The maximum absolute atomic E-state index is 11.7. The van der Waals surface area contributed by atoms with Crippen LogP contribution in [-0.2, 0) is 16.1 Å². The molecule has 112 valence electrons. The van der Waals surface area contributed by atoms with Crippen LogP contribution >= 0.6 is 15.9 Å². The van der Waals surface area contributed by atoms with Crippen molar-refractivity contribution in [3.05, 3.63) is 28.2 Å². The molecule has 0 saturated carbocycles. The molecule has 5 heteroatoms. The van der Waals surface area contributed by atoms with Gasteiger partial charge in [0.25, 0.3) is 0 Å². The Morgan fingerprint density at radius 3 is 2.80 bits per heavy atom. The Kier molecular flexibility index (Phi) is 7.62. The van der Waals surface area contributed by atoms with E-state index in [4.69, 9.17) is 9.47 Å². The Labute approximate surface area is 129 Å². The van der Waals surface area contributed by atoms with E-state index in [1.165, 1.54) is 0 Å². The third-order valence-corrected chi connectivity index (χ3v) is 3.33. The topological polar surface area (TPSA) is 47.6 Å². The fraction of sp³-hybridized carbons (Fsp3) is 0.533. The van der Waals surface area contributed by atoms with Gasteiger partial charge in [0, 0.05) is 12.1 Å². The van der Waals surface area contributed by atoms with Gasteiger partial charge in [0.15, 0.2) is 6.10 Å². The van der Waals surface area contributed by atoms with E-state index in [0.29, 0.717) is 18.9 Å². The Hall–Kier alpha value is -1.07. The number of halogens is 1. The zero-order valence-electron chi connectivity index (χ0n) is 12.2. The number of ether oxygens (including phenoxy) is 2. The van der Waals surface area contributed by atoms with Crippen molar-refractivity contribution in [1.29, 1.82) is 0 Å². The second-order valence-corrected chi connectivity index (χ2v) is 5.27. The molecule has 0 aromatic heterocycles. The van der Waals surface area contributed by atoms with Gasteiger partial charge in [-0.1, -0.05) is 19.1 Å². The lowest BCUT2D eigenvalue weighted by molar-refractivity contribution is -0.150. The summed E-state index contributed by atoms with van der Waals surface area (Å²) in [5.74, 6) is 0.340. The van der Waals surface area contributed by atoms with Crippen LogP contribution in [0.4, 0.5) is 0 Å². The number of hydrogen-bond donors (Lipinski definition) is 1. The molecule has 0 bridgehead atoms. The summed E-state index contributed by atoms with van der Waals surface area (Å²) in [5, 5.41) is 3.33. The molecule has 1 atom stereocenters. The smallest absolute Gasteiger partial charge is 0.347 e. The van der Waals surface area contributed by atoms with Crippen LogP contribution in [0.15, 0.2) is 22.7 Å². The first kappa shape index (κ1) is 17.0. The Bertz CT molecular complexity index is 437. The van der Waals surface area contributed by atoms with E-state index in [1.807, 2.05) is 18.2 Å². The second-order valence-electron chi connectivity index (χ2n) is 4.42. The number of carbonyl (C=O) groups excluding carboxylic acids is 1. The molecular weight excluding hydrogens is 322 g/mol. The van der Waals surface area contributed by atoms with E-state index in [2.05, 4.69) is 28.2 Å². The predicted molar refractivity (Wildman–Crippen MR) is 82.9 cm³/mol. The van der Waals surface area contributed by atoms with Crippen molar-refractivity contribution in [1.82, 2.24) is 5.32 Å². The van der Waals surface area contributed by atoms with Gasteiger partial charge < -0.3 is 14.8 Å². The standard InChI is InChI=1S/C15H22BrNO3/c1-4-9-17-10-12-7-6-8-13(16)14(12)20-11(3)15(18)19-5-2/h6-8,11,17H,4-5,9-10H2,1-3H3. The molecule has 0 saturated heterocycles. The van der Waals surface area contributed by atoms with E-state index in [9.17, 15) is 4.79 Å². The lowest BCUT2D eigenvalue weighted by atomic mass is 10.2. The summed E-state index contributed by atoms with van der Waals surface area (Å²) in [4.78, 5) is 11.7. The summed E-state index contributed by atoms with van der Waals surface area (Å²) in [6.45, 7) is 7.60. The van der Waals surface area contributed by atoms with Crippen molar-refractivity contribution in [3.63, 3.8) is 0 Å². The zero-order chi connectivity index (χ0) is 15.0. The average Bonchev–Trinajstić information content (AvgIpc) is 2.42. The molecule has 1 aromatic carbocycles. The molecule has 20 heavy (non-hydrogen) atoms. The van der Waals surface area contributed by atoms with E-state index in [-0.39, 0.29) is 5.97 Å². The third kappa shape index (κ3) is 5.13. The van der Waals surface area contributed by atoms with Crippen LogP contribution in [0.1, 0.15) is 32.8 Å². The first-order chi connectivity index (χ1) is 9.60. The molecule has 0 radical (unpaired) electrons. The van der Waals surface area contributed by atoms with Crippen molar-refractivity contribution >= 4 is 21.9 Å². The molecule has 0 aliphatic rings. The summed E-state index contributed by atoms with van der Waals surface area (Å²) in [6.07, 6.45) is 0.447. The van der Waals surface area contributed by atoms with Gasteiger partial charge in [-0.3, -0.25) is 0 Å². The summed E-state index contributed by atoms with van der Waals surface area (Å²) in [6, 6.07) is 5.84. The molecule has 0 spiro atoms. The number of hydrogen-bond acceptors (Lipinski definition) is 4. The molecule has 1 unspecified atom stereocenters. The summed E-state index contributed by atoms with van der Waals surface area (Å²) < 4.78 is 11.6. The van der Waals surface area contributed by atoms with Gasteiger partial charge in [-0.2, -0.15) is 0 Å². The molecule has 1 rings (SSSR count). The van der Waals surface area contributed by atoms with Crippen LogP contribution in [0.2, 0.25) is 0 Å². The first-order valence-corrected chi connectivity index (χ1v) is 7.70. The van der Waals surface area contributed by atoms with Gasteiger partial charge in [-0.15, -0.1) is 0 Å². The van der Waals surface area contributed by atoms with Gasteiger partial charge in [-0.25, -0.2) is 4.79 Å². The van der Waals surface area contributed by atoms with Crippen LogP contribution in [0, 0.1) is 0 Å². The highest BCUT2D eigenvalue weighted by atomic mass is 79.9. The van der Waals surface area contributed by atoms with E-state index in [1.54, 1.807) is 13.8 Å². The quantitative estimate of drug-likeness (QED) is 0.581. The lowest BCUT2D eigenvalue weighted by Gasteiger charge is -2.18. The van der Waals surface area contributed by atoms with E-state index >= 15 is 0 Å². The van der Waals surface area contributed by atoms with Crippen molar-refractivity contribution in [2.75, 3.05) is 13.2 Å². The fourth-order valence-electron chi connectivity index (χ4n) is 1.71. The van der Waals surface area contributed by atoms with Gasteiger partial charge in [-0.05, 0) is 48.8 Å².